The molecule has 0 aromatic rings. The zero-order valence-corrected chi connectivity index (χ0v) is 15.3. The van der Waals surface area contributed by atoms with Gasteiger partial charge in [0.2, 0.25) is 0 Å². The number of rotatable bonds is 9. The molecule has 0 fully saturated rings. The summed E-state index contributed by atoms with van der Waals surface area (Å²) >= 11 is 0. The summed E-state index contributed by atoms with van der Waals surface area (Å²) in [6, 6.07) is 0. The van der Waals surface area contributed by atoms with Crippen LogP contribution in [-0.4, -0.2) is 0 Å². The minimum Gasteiger partial charge on any atom is -0.103 e. The van der Waals surface area contributed by atoms with Gasteiger partial charge in [0.05, 0.1) is 0 Å². The molecule has 0 aliphatic rings. The van der Waals surface area contributed by atoms with Gasteiger partial charge < -0.3 is 0 Å². The summed E-state index contributed by atoms with van der Waals surface area (Å²) in [7, 11) is 0. The van der Waals surface area contributed by atoms with Gasteiger partial charge in [0, 0.05) is 0 Å². The van der Waals surface area contributed by atoms with E-state index >= 15 is 0 Å². The van der Waals surface area contributed by atoms with E-state index < -0.39 is 0 Å². The maximum atomic E-state index is 4.03. The molecule has 0 saturated heterocycles. The van der Waals surface area contributed by atoms with Crippen LogP contribution in [0.1, 0.15) is 74.7 Å². The van der Waals surface area contributed by atoms with Crippen molar-refractivity contribution >= 4 is 0 Å². The normalized spacial score (nSPS) is 15.3. The smallest absolute Gasteiger partial charge is 0.0208 e. The van der Waals surface area contributed by atoms with Gasteiger partial charge in [-0.1, -0.05) is 73.6 Å². The Labute approximate surface area is 128 Å². The molecule has 0 aliphatic heterocycles. The standard InChI is InChI=1S/C20H38/c1-10-18(17(4)5)15-20(8,9)19(6,7)14-12-11-13-16(2)3/h10-12,16-18H,1,13-15H2,2-9H3/b12-11+. The van der Waals surface area contributed by atoms with Gasteiger partial charge in [-0.2, -0.15) is 0 Å². The molecule has 0 heteroatoms. The molecular formula is C20H38. The van der Waals surface area contributed by atoms with Crippen LogP contribution in [0.2, 0.25) is 0 Å². The zero-order chi connectivity index (χ0) is 16.0. The van der Waals surface area contributed by atoms with Crippen molar-refractivity contribution in [3.05, 3.63) is 24.8 Å². The Morgan fingerprint density at radius 3 is 1.85 bits per heavy atom. The van der Waals surface area contributed by atoms with E-state index in [1.54, 1.807) is 0 Å². The molecule has 0 spiro atoms. The topological polar surface area (TPSA) is 0 Å². The van der Waals surface area contributed by atoms with E-state index in [9.17, 15) is 0 Å². The number of hydrogen-bond acceptors (Lipinski definition) is 0. The Morgan fingerprint density at radius 1 is 0.900 bits per heavy atom. The summed E-state index contributed by atoms with van der Waals surface area (Å²) in [5, 5.41) is 0. The zero-order valence-electron chi connectivity index (χ0n) is 15.3. The van der Waals surface area contributed by atoms with Crippen LogP contribution in [0.3, 0.4) is 0 Å². The number of hydrogen-bond donors (Lipinski definition) is 0. The molecule has 0 aromatic carbocycles. The van der Waals surface area contributed by atoms with Gasteiger partial charge in [0.15, 0.2) is 0 Å². The van der Waals surface area contributed by atoms with E-state index in [0.29, 0.717) is 22.7 Å². The van der Waals surface area contributed by atoms with Gasteiger partial charge >= 0.3 is 0 Å². The maximum Gasteiger partial charge on any atom is -0.0208 e. The van der Waals surface area contributed by atoms with Crippen LogP contribution >= 0.6 is 0 Å². The average molecular weight is 279 g/mol. The molecule has 1 atom stereocenters. The molecular weight excluding hydrogens is 240 g/mol. The first-order valence-electron chi connectivity index (χ1n) is 8.31. The van der Waals surface area contributed by atoms with Gasteiger partial charge in [0.1, 0.15) is 0 Å². The minimum absolute atomic E-state index is 0.316. The van der Waals surface area contributed by atoms with E-state index in [1.807, 2.05) is 0 Å². The highest BCUT2D eigenvalue weighted by atomic mass is 14.4. The first-order chi connectivity index (χ1) is 9.03. The summed E-state index contributed by atoms with van der Waals surface area (Å²) in [6.45, 7) is 22.8. The van der Waals surface area contributed by atoms with Crippen molar-refractivity contribution in [1.82, 2.24) is 0 Å². The quantitative estimate of drug-likeness (QED) is 0.403. The highest BCUT2D eigenvalue weighted by Crippen LogP contribution is 2.47. The van der Waals surface area contributed by atoms with Crippen LogP contribution < -0.4 is 0 Å². The Bertz CT molecular complexity index is 302. The molecule has 0 amide bonds. The second-order valence-electron chi connectivity index (χ2n) is 8.42. The predicted molar refractivity (Wildman–Crippen MR) is 93.9 cm³/mol. The summed E-state index contributed by atoms with van der Waals surface area (Å²) in [6.07, 6.45) is 10.5. The van der Waals surface area contributed by atoms with Crippen LogP contribution in [0.25, 0.3) is 0 Å². The first kappa shape index (κ1) is 19.5. The largest absolute Gasteiger partial charge is 0.103 e. The molecule has 0 aliphatic carbocycles. The molecule has 0 radical (unpaired) electrons. The van der Waals surface area contributed by atoms with Gasteiger partial charge in [-0.3, -0.25) is 0 Å². The lowest BCUT2D eigenvalue weighted by atomic mass is 9.61. The summed E-state index contributed by atoms with van der Waals surface area (Å²) in [4.78, 5) is 0. The molecule has 1 unspecified atom stereocenters. The molecule has 118 valence electrons. The molecule has 20 heavy (non-hydrogen) atoms. The Hall–Kier alpha value is -0.520. The summed E-state index contributed by atoms with van der Waals surface area (Å²) in [5.74, 6) is 2.05. The highest BCUT2D eigenvalue weighted by Gasteiger charge is 2.37. The van der Waals surface area contributed by atoms with Crippen molar-refractivity contribution in [3.63, 3.8) is 0 Å². The van der Waals surface area contributed by atoms with Crippen LogP contribution in [0.4, 0.5) is 0 Å². The predicted octanol–water partition coefficient (Wildman–Crippen LogP) is 6.88. The van der Waals surface area contributed by atoms with Crippen LogP contribution in [-0.2, 0) is 0 Å². The number of allylic oxidation sites excluding steroid dienone is 3. The van der Waals surface area contributed by atoms with Gasteiger partial charge in [-0.15, -0.1) is 6.58 Å². The third kappa shape index (κ3) is 6.29. The van der Waals surface area contributed by atoms with E-state index in [4.69, 9.17) is 0 Å². The van der Waals surface area contributed by atoms with Crippen molar-refractivity contribution in [2.75, 3.05) is 0 Å². The van der Waals surface area contributed by atoms with Gasteiger partial charge in [-0.05, 0) is 47.8 Å². The average Bonchev–Trinajstić information content (AvgIpc) is 2.30. The van der Waals surface area contributed by atoms with Crippen molar-refractivity contribution in [3.8, 4) is 0 Å². The molecule has 0 saturated carbocycles. The van der Waals surface area contributed by atoms with Crippen molar-refractivity contribution in [2.24, 2.45) is 28.6 Å². The second kappa shape index (κ2) is 8.05. The fourth-order valence-electron chi connectivity index (χ4n) is 2.48. The highest BCUT2D eigenvalue weighted by molar-refractivity contribution is 4.97. The fraction of sp³-hybridized carbons (Fsp3) is 0.800. The Balaban J connectivity index is 4.70. The molecule has 0 N–H and O–H groups in total. The summed E-state index contributed by atoms with van der Waals surface area (Å²) < 4.78 is 0. The van der Waals surface area contributed by atoms with E-state index in [-0.39, 0.29) is 0 Å². The molecule has 0 rings (SSSR count). The lowest BCUT2D eigenvalue weighted by Crippen LogP contribution is -2.34. The Morgan fingerprint density at radius 2 is 1.45 bits per heavy atom. The third-order valence-electron chi connectivity index (χ3n) is 5.14. The Kier molecular flexibility index (Phi) is 7.84. The van der Waals surface area contributed by atoms with Crippen LogP contribution in [0.5, 0.6) is 0 Å². The first-order valence-corrected chi connectivity index (χ1v) is 8.31. The monoisotopic (exact) mass is 278 g/mol. The lowest BCUT2D eigenvalue weighted by Gasteiger charge is -2.44. The van der Waals surface area contributed by atoms with E-state index in [0.717, 1.165) is 12.3 Å². The van der Waals surface area contributed by atoms with E-state index in [2.05, 4.69) is 80.2 Å². The molecule has 0 nitrogen and oxygen atoms in total. The van der Waals surface area contributed by atoms with E-state index in [1.165, 1.54) is 12.8 Å². The van der Waals surface area contributed by atoms with Gasteiger partial charge in [0.25, 0.3) is 0 Å². The van der Waals surface area contributed by atoms with Crippen molar-refractivity contribution in [1.29, 1.82) is 0 Å². The van der Waals surface area contributed by atoms with Crippen molar-refractivity contribution < 1.29 is 0 Å². The SMILES string of the molecule is C=CC(CC(C)(C)C(C)(C)C/C=C/CC(C)C)C(C)C. The molecule has 0 aromatic heterocycles. The third-order valence-corrected chi connectivity index (χ3v) is 5.14. The van der Waals surface area contributed by atoms with Crippen LogP contribution in [0.15, 0.2) is 24.8 Å². The minimum atomic E-state index is 0.316. The lowest BCUT2D eigenvalue weighted by molar-refractivity contribution is 0.0795. The van der Waals surface area contributed by atoms with Crippen LogP contribution in [0, 0.1) is 28.6 Å². The maximum absolute atomic E-state index is 4.03. The van der Waals surface area contributed by atoms with Gasteiger partial charge in [-0.25, -0.2) is 0 Å². The second-order valence-corrected chi connectivity index (χ2v) is 8.42. The summed E-state index contributed by atoms with van der Waals surface area (Å²) in [5.41, 5.74) is 0.634. The molecule has 0 heterocycles. The van der Waals surface area contributed by atoms with Crippen molar-refractivity contribution in [2.45, 2.75) is 74.7 Å². The fourth-order valence-corrected chi connectivity index (χ4v) is 2.48. The molecule has 0 bridgehead atoms.